The highest BCUT2D eigenvalue weighted by molar-refractivity contribution is 5.83. The number of hydrogen-bond donors (Lipinski definition) is 2. The van der Waals surface area contributed by atoms with Crippen LogP contribution >= 0.6 is 0 Å². The molecule has 2 rings (SSSR count). The zero-order valence-electron chi connectivity index (χ0n) is 11.0. The Balaban J connectivity index is 1.83. The third-order valence-electron chi connectivity index (χ3n) is 3.14. The maximum Gasteiger partial charge on any atom is 0.413 e. The highest BCUT2D eigenvalue weighted by atomic mass is 16.6. The van der Waals surface area contributed by atoms with Gasteiger partial charge in [0, 0.05) is 13.1 Å². The Morgan fingerprint density at radius 2 is 2.26 bits per heavy atom. The number of nitrogens with one attached hydrogen (secondary N) is 1. The van der Waals surface area contributed by atoms with E-state index in [1.165, 1.54) is 0 Å². The molecule has 2 N–H and O–H groups in total. The van der Waals surface area contributed by atoms with Crippen LogP contribution < -0.4 is 5.32 Å². The van der Waals surface area contributed by atoms with Crippen molar-refractivity contribution in [3.05, 3.63) is 23.9 Å². The number of likely N-dealkylation sites (tertiary alicyclic amines) is 1. The van der Waals surface area contributed by atoms with E-state index in [9.17, 15) is 4.79 Å². The lowest BCUT2D eigenvalue weighted by molar-refractivity contribution is 0.0661. The van der Waals surface area contributed by atoms with Crippen molar-refractivity contribution in [2.24, 2.45) is 0 Å². The molecule has 0 aromatic carbocycles. The third kappa shape index (κ3) is 4.18. The van der Waals surface area contributed by atoms with Gasteiger partial charge in [-0.05, 0) is 32.0 Å². The molecule has 0 radical (unpaired) electrons. The fourth-order valence-corrected chi connectivity index (χ4v) is 2.03. The fourth-order valence-electron chi connectivity index (χ4n) is 2.03. The van der Waals surface area contributed by atoms with Gasteiger partial charge in [0.25, 0.3) is 0 Å². The summed E-state index contributed by atoms with van der Waals surface area (Å²) in [7, 11) is 2.06. The van der Waals surface area contributed by atoms with Gasteiger partial charge in [0.2, 0.25) is 0 Å². The number of nitrogens with zero attached hydrogens (tertiary/aromatic N) is 2. The highest BCUT2D eigenvalue weighted by Crippen LogP contribution is 2.13. The minimum absolute atomic E-state index is 0.0303. The van der Waals surface area contributed by atoms with Crippen molar-refractivity contribution in [1.82, 2.24) is 9.88 Å². The van der Waals surface area contributed by atoms with Gasteiger partial charge >= 0.3 is 6.09 Å². The lowest BCUT2D eigenvalue weighted by atomic mass is 10.1. The van der Waals surface area contributed by atoms with E-state index < -0.39 is 6.09 Å². The topological polar surface area (TPSA) is 74.7 Å². The summed E-state index contributed by atoms with van der Waals surface area (Å²) in [6.45, 7) is 1.73. The molecule has 1 fully saturated rings. The first-order valence-electron chi connectivity index (χ1n) is 6.40. The number of pyridine rings is 1. The molecule has 1 saturated heterocycles. The lowest BCUT2D eigenvalue weighted by Gasteiger charge is -2.28. The number of carbonyl (C=O) groups excluding carboxylic acids is 1. The lowest BCUT2D eigenvalue weighted by Crippen LogP contribution is -2.36. The average molecular weight is 265 g/mol. The van der Waals surface area contributed by atoms with Gasteiger partial charge in [0.05, 0.1) is 12.3 Å². The molecule has 1 aliphatic heterocycles. The molecule has 0 spiro atoms. The summed E-state index contributed by atoms with van der Waals surface area (Å²) in [5, 5.41) is 11.5. The number of hydrogen-bond acceptors (Lipinski definition) is 5. The second-order valence-electron chi connectivity index (χ2n) is 4.71. The van der Waals surface area contributed by atoms with Gasteiger partial charge in [-0.3, -0.25) is 5.32 Å². The van der Waals surface area contributed by atoms with Gasteiger partial charge in [-0.15, -0.1) is 0 Å². The predicted octanol–water partition coefficient (Wildman–Crippen LogP) is 1.22. The minimum Gasteiger partial charge on any atom is -0.446 e. The van der Waals surface area contributed by atoms with E-state index >= 15 is 0 Å². The normalized spacial score (nSPS) is 17.2. The summed E-state index contributed by atoms with van der Waals surface area (Å²) >= 11 is 0. The smallest absolute Gasteiger partial charge is 0.413 e. The molecular weight excluding hydrogens is 246 g/mol. The molecule has 0 unspecified atom stereocenters. The van der Waals surface area contributed by atoms with Crippen molar-refractivity contribution >= 4 is 11.9 Å². The molecule has 2 heterocycles. The number of aliphatic hydroxyl groups is 1. The van der Waals surface area contributed by atoms with Gasteiger partial charge in [-0.1, -0.05) is 6.07 Å². The second kappa shape index (κ2) is 6.49. The molecule has 0 saturated carbocycles. The van der Waals surface area contributed by atoms with Crippen LogP contribution in [0.4, 0.5) is 10.6 Å². The Morgan fingerprint density at radius 3 is 2.95 bits per heavy atom. The van der Waals surface area contributed by atoms with E-state index in [2.05, 4.69) is 22.2 Å². The van der Waals surface area contributed by atoms with Crippen LogP contribution in [0.1, 0.15) is 18.5 Å². The number of aliphatic hydroxyl groups excluding tert-OH is 1. The molecule has 1 aromatic rings. The number of amides is 1. The third-order valence-corrected chi connectivity index (χ3v) is 3.14. The first kappa shape index (κ1) is 13.8. The van der Waals surface area contributed by atoms with Crippen molar-refractivity contribution in [3.8, 4) is 0 Å². The summed E-state index contributed by atoms with van der Waals surface area (Å²) in [5.74, 6) is 0.393. The van der Waals surface area contributed by atoms with Crippen molar-refractivity contribution in [2.45, 2.75) is 25.6 Å². The molecular formula is C13H19N3O3. The number of piperidine rings is 1. The van der Waals surface area contributed by atoms with Crippen LogP contribution in [-0.4, -0.2) is 47.3 Å². The molecule has 6 heteroatoms. The summed E-state index contributed by atoms with van der Waals surface area (Å²) < 4.78 is 5.34. The summed E-state index contributed by atoms with van der Waals surface area (Å²) in [6, 6.07) is 5.08. The average Bonchev–Trinajstić information content (AvgIpc) is 2.41. The van der Waals surface area contributed by atoms with E-state index in [-0.39, 0.29) is 12.7 Å². The first-order valence-corrected chi connectivity index (χ1v) is 6.40. The largest absolute Gasteiger partial charge is 0.446 e. The standard InChI is InChI=1S/C13H19N3O3/c1-16-7-5-11(6-8-16)19-13(18)15-12-4-2-3-10(9-17)14-12/h2-4,11,17H,5-9H2,1H3,(H,14,15,18). The number of anilines is 1. The van der Waals surface area contributed by atoms with Crippen molar-refractivity contribution in [2.75, 3.05) is 25.5 Å². The Morgan fingerprint density at radius 1 is 1.53 bits per heavy atom. The Kier molecular flexibility index (Phi) is 4.70. The van der Waals surface area contributed by atoms with Crippen molar-refractivity contribution < 1.29 is 14.6 Å². The van der Waals surface area contributed by atoms with Gasteiger partial charge in [-0.25, -0.2) is 9.78 Å². The van der Waals surface area contributed by atoms with Crippen molar-refractivity contribution in [3.63, 3.8) is 0 Å². The fraction of sp³-hybridized carbons (Fsp3) is 0.538. The number of ether oxygens (including phenoxy) is 1. The zero-order valence-corrected chi connectivity index (χ0v) is 11.0. The SMILES string of the molecule is CN1CCC(OC(=O)Nc2cccc(CO)n2)CC1. The molecule has 0 atom stereocenters. The Labute approximate surface area is 112 Å². The molecule has 19 heavy (non-hydrogen) atoms. The maximum absolute atomic E-state index is 11.7. The second-order valence-corrected chi connectivity index (χ2v) is 4.71. The van der Waals surface area contributed by atoms with Crippen LogP contribution in [0, 0.1) is 0 Å². The summed E-state index contributed by atoms with van der Waals surface area (Å²) in [5.41, 5.74) is 0.511. The van der Waals surface area contributed by atoms with E-state index in [0.717, 1.165) is 25.9 Å². The zero-order chi connectivity index (χ0) is 13.7. The monoisotopic (exact) mass is 265 g/mol. The summed E-state index contributed by atoms with van der Waals surface area (Å²) in [4.78, 5) is 18.0. The van der Waals surface area contributed by atoms with Crippen LogP contribution in [0.15, 0.2) is 18.2 Å². The van der Waals surface area contributed by atoms with Gasteiger partial charge < -0.3 is 14.7 Å². The minimum atomic E-state index is -0.489. The van der Waals surface area contributed by atoms with Crippen molar-refractivity contribution in [1.29, 1.82) is 0 Å². The molecule has 6 nitrogen and oxygen atoms in total. The van der Waals surface area contributed by atoms with E-state index in [0.29, 0.717) is 11.5 Å². The maximum atomic E-state index is 11.7. The molecule has 1 amide bonds. The number of aromatic nitrogens is 1. The highest BCUT2D eigenvalue weighted by Gasteiger charge is 2.20. The predicted molar refractivity (Wildman–Crippen MR) is 70.8 cm³/mol. The van der Waals surface area contributed by atoms with E-state index in [1.54, 1.807) is 18.2 Å². The van der Waals surface area contributed by atoms with E-state index in [1.807, 2.05) is 0 Å². The molecule has 1 aliphatic rings. The Hall–Kier alpha value is -1.66. The first-order chi connectivity index (χ1) is 9.17. The van der Waals surface area contributed by atoms with Crippen LogP contribution in [-0.2, 0) is 11.3 Å². The number of rotatable bonds is 3. The Bertz CT molecular complexity index is 431. The molecule has 1 aromatic heterocycles. The molecule has 0 bridgehead atoms. The quantitative estimate of drug-likeness (QED) is 0.859. The molecule has 104 valence electrons. The summed E-state index contributed by atoms with van der Waals surface area (Å²) in [6.07, 6.45) is 1.19. The van der Waals surface area contributed by atoms with Gasteiger partial charge in [0.15, 0.2) is 0 Å². The van der Waals surface area contributed by atoms with E-state index in [4.69, 9.17) is 9.84 Å². The van der Waals surface area contributed by atoms with Crippen LogP contribution in [0.5, 0.6) is 0 Å². The van der Waals surface area contributed by atoms with Gasteiger partial charge in [-0.2, -0.15) is 0 Å². The van der Waals surface area contributed by atoms with Crippen LogP contribution in [0.2, 0.25) is 0 Å². The van der Waals surface area contributed by atoms with Gasteiger partial charge in [0.1, 0.15) is 11.9 Å². The van der Waals surface area contributed by atoms with Crippen LogP contribution in [0.3, 0.4) is 0 Å². The number of carbonyl (C=O) groups is 1. The molecule has 0 aliphatic carbocycles. The van der Waals surface area contributed by atoms with Crippen LogP contribution in [0.25, 0.3) is 0 Å².